The van der Waals surface area contributed by atoms with Crippen LogP contribution in [0, 0.1) is 5.82 Å². The van der Waals surface area contributed by atoms with E-state index in [9.17, 15) is 23.6 Å². The molecule has 1 aliphatic rings. The van der Waals surface area contributed by atoms with Crippen LogP contribution >= 0.6 is 0 Å². The average molecular weight is 418 g/mol. The second kappa shape index (κ2) is 7.79. The SMILES string of the molecule is CN1C(=O)c2ccc(C(=O)Nc3cc(F)ccc3NC(=O)c3ccccn3)cc2C1=O. The molecule has 0 saturated heterocycles. The summed E-state index contributed by atoms with van der Waals surface area (Å²) in [7, 11) is 1.35. The molecule has 0 bridgehead atoms. The van der Waals surface area contributed by atoms with Crippen LogP contribution in [-0.4, -0.2) is 40.6 Å². The number of halogens is 1. The number of fused-ring (bicyclic) bond motifs is 1. The molecule has 4 amide bonds. The zero-order valence-corrected chi connectivity index (χ0v) is 16.2. The van der Waals surface area contributed by atoms with Gasteiger partial charge in [0.2, 0.25) is 0 Å². The summed E-state index contributed by atoms with van der Waals surface area (Å²) in [4.78, 5) is 54.2. The van der Waals surface area contributed by atoms with Crippen LogP contribution in [0.2, 0.25) is 0 Å². The fraction of sp³-hybridized carbons (Fsp3) is 0.0455. The first-order chi connectivity index (χ1) is 14.8. The molecule has 3 aromatic rings. The number of rotatable bonds is 4. The molecule has 8 nitrogen and oxygen atoms in total. The largest absolute Gasteiger partial charge is 0.320 e. The Balaban J connectivity index is 1.59. The molecular weight excluding hydrogens is 403 g/mol. The lowest BCUT2D eigenvalue weighted by Gasteiger charge is -2.13. The highest BCUT2D eigenvalue weighted by Crippen LogP contribution is 2.26. The van der Waals surface area contributed by atoms with Crippen LogP contribution in [0.4, 0.5) is 15.8 Å². The van der Waals surface area contributed by atoms with Gasteiger partial charge in [-0.3, -0.25) is 29.1 Å². The van der Waals surface area contributed by atoms with Crippen LogP contribution in [0.5, 0.6) is 0 Å². The highest BCUT2D eigenvalue weighted by molar-refractivity contribution is 6.22. The number of pyridine rings is 1. The van der Waals surface area contributed by atoms with Crippen LogP contribution < -0.4 is 10.6 Å². The summed E-state index contributed by atoms with van der Waals surface area (Å²) in [5.41, 5.74) is 0.754. The van der Waals surface area contributed by atoms with Crippen LogP contribution in [0.3, 0.4) is 0 Å². The van der Waals surface area contributed by atoms with Crippen molar-refractivity contribution < 1.29 is 23.6 Å². The van der Waals surface area contributed by atoms with E-state index in [0.29, 0.717) is 0 Å². The van der Waals surface area contributed by atoms with Crippen LogP contribution in [0.25, 0.3) is 0 Å². The Kier molecular flexibility index (Phi) is 5.00. The lowest BCUT2D eigenvalue weighted by molar-refractivity contribution is 0.0692. The average Bonchev–Trinajstić information content (AvgIpc) is 2.99. The Morgan fingerprint density at radius 3 is 2.35 bits per heavy atom. The summed E-state index contributed by atoms with van der Waals surface area (Å²) < 4.78 is 13.8. The Bertz CT molecular complexity index is 1240. The van der Waals surface area contributed by atoms with Crippen molar-refractivity contribution in [1.29, 1.82) is 0 Å². The zero-order chi connectivity index (χ0) is 22.1. The van der Waals surface area contributed by atoms with Gasteiger partial charge in [0.25, 0.3) is 23.6 Å². The number of benzene rings is 2. The molecular formula is C22H15FN4O4. The van der Waals surface area contributed by atoms with E-state index in [1.54, 1.807) is 12.1 Å². The molecule has 0 spiro atoms. The zero-order valence-electron chi connectivity index (χ0n) is 16.2. The normalized spacial score (nSPS) is 12.5. The van der Waals surface area contributed by atoms with E-state index < -0.39 is 29.4 Å². The maximum atomic E-state index is 13.8. The number of hydrogen-bond donors (Lipinski definition) is 2. The number of hydrogen-bond acceptors (Lipinski definition) is 5. The minimum atomic E-state index is -0.642. The number of aromatic nitrogens is 1. The monoisotopic (exact) mass is 418 g/mol. The Labute approximate surface area is 175 Å². The highest BCUT2D eigenvalue weighted by Gasteiger charge is 2.33. The maximum Gasteiger partial charge on any atom is 0.274 e. The second-order valence-electron chi connectivity index (χ2n) is 6.74. The van der Waals surface area contributed by atoms with Crippen molar-refractivity contribution in [2.45, 2.75) is 0 Å². The predicted molar refractivity (Wildman–Crippen MR) is 109 cm³/mol. The van der Waals surface area contributed by atoms with E-state index in [4.69, 9.17) is 0 Å². The molecule has 1 aliphatic heterocycles. The summed E-state index contributed by atoms with van der Waals surface area (Å²) in [6, 6.07) is 12.4. The minimum absolute atomic E-state index is 0.0225. The molecule has 0 saturated carbocycles. The molecule has 0 atom stereocenters. The summed E-state index contributed by atoms with van der Waals surface area (Å²) in [6.45, 7) is 0. The molecule has 31 heavy (non-hydrogen) atoms. The second-order valence-corrected chi connectivity index (χ2v) is 6.74. The first kappa shape index (κ1) is 19.9. The molecule has 0 radical (unpaired) electrons. The number of carbonyl (C=O) groups excluding carboxylic acids is 4. The van der Waals surface area contributed by atoms with Gasteiger partial charge in [0, 0.05) is 18.8 Å². The molecule has 4 rings (SSSR count). The Morgan fingerprint density at radius 2 is 1.61 bits per heavy atom. The van der Waals surface area contributed by atoms with Crippen molar-refractivity contribution in [2.24, 2.45) is 0 Å². The van der Waals surface area contributed by atoms with Gasteiger partial charge in [0.15, 0.2) is 0 Å². The quantitative estimate of drug-likeness (QED) is 0.634. The van der Waals surface area contributed by atoms with Crippen molar-refractivity contribution in [1.82, 2.24) is 9.88 Å². The number of anilines is 2. The number of imide groups is 1. The predicted octanol–water partition coefficient (Wildman–Crippen LogP) is 2.95. The van der Waals surface area contributed by atoms with E-state index in [0.717, 1.165) is 17.0 Å². The topological polar surface area (TPSA) is 108 Å². The highest BCUT2D eigenvalue weighted by atomic mass is 19.1. The summed E-state index contributed by atoms with van der Waals surface area (Å²) in [5, 5.41) is 5.11. The van der Waals surface area contributed by atoms with Crippen molar-refractivity contribution in [3.63, 3.8) is 0 Å². The van der Waals surface area contributed by atoms with E-state index in [2.05, 4.69) is 15.6 Å². The number of nitrogens with one attached hydrogen (secondary N) is 2. The fourth-order valence-electron chi connectivity index (χ4n) is 3.11. The lowest BCUT2D eigenvalue weighted by atomic mass is 10.1. The summed E-state index contributed by atoms with van der Waals surface area (Å²) in [5.74, 6) is -2.76. The molecule has 2 aromatic carbocycles. The van der Waals surface area contributed by atoms with Crippen molar-refractivity contribution >= 4 is 35.0 Å². The van der Waals surface area contributed by atoms with Gasteiger partial charge in [-0.05, 0) is 48.5 Å². The van der Waals surface area contributed by atoms with Gasteiger partial charge in [-0.1, -0.05) is 6.07 Å². The molecule has 0 fully saturated rings. The third-order valence-electron chi connectivity index (χ3n) is 4.73. The van der Waals surface area contributed by atoms with Gasteiger partial charge in [-0.2, -0.15) is 0 Å². The lowest BCUT2D eigenvalue weighted by Crippen LogP contribution is -2.24. The van der Waals surface area contributed by atoms with Crippen molar-refractivity contribution in [3.05, 3.63) is 89.0 Å². The smallest absolute Gasteiger partial charge is 0.274 e. The summed E-state index contributed by atoms with van der Waals surface area (Å²) >= 11 is 0. The van der Waals surface area contributed by atoms with Crippen LogP contribution in [-0.2, 0) is 0 Å². The number of nitrogens with zero attached hydrogens (tertiary/aromatic N) is 2. The standard InChI is InChI=1S/C22H15FN4O4/c1-27-21(30)14-7-5-12(10-15(14)22(27)31)19(28)26-18-11-13(23)6-8-16(18)25-20(29)17-4-2-3-9-24-17/h2-11H,1H3,(H,25,29)(H,26,28). The van der Waals surface area contributed by atoms with E-state index >= 15 is 0 Å². The Hall–Kier alpha value is -4.40. The maximum absolute atomic E-state index is 13.8. The molecule has 9 heteroatoms. The van der Waals surface area contributed by atoms with E-state index in [1.807, 2.05) is 0 Å². The van der Waals surface area contributed by atoms with E-state index in [-0.39, 0.29) is 33.8 Å². The number of carbonyl (C=O) groups is 4. The van der Waals surface area contributed by atoms with Gasteiger partial charge < -0.3 is 10.6 Å². The first-order valence-corrected chi connectivity index (χ1v) is 9.15. The van der Waals surface area contributed by atoms with Gasteiger partial charge >= 0.3 is 0 Å². The first-order valence-electron chi connectivity index (χ1n) is 9.15. The molecule has 2 heterocycles. The third-order valence-corrected chi connectivity index (χ3v) is 4.73. The fourth-order valence-corrected chi connectivity index (χ4v) is 3.11. The molecule has 1 aromatic heterocycles. The van der Waals surface area contributed by atoms with Gasteiger partial charge in [0.05, 0.1) is 22.5 Å². The van der Waals surface area contributed by atoms with Gasteiger partial charge in [-0.15, -0.1) is 0 Å². The third kappa shape index (κ3) is 3.76. The molecule has 154 valence electrons. The Morgan fingerprint density at radius 1 is 0.871 bits per heavy atom. The summed E-state index contributed by atoms with van der Waals surface area (Å²) in [6.07, 6.45) is 1.46. The van der Waals surface area contributed by atoms with Crippen molar-refractivity contribution in [2.75, 3.05) is 17.7 Å². The van der Waals surface area contributed by atoms with Crippen LogP contribution in [0.15, 0.2) is 60.8 Å². The van der Waals surface area contributed by atoms with Gasteiger partial charge in [-0.25, -0.2) is 4.39 Å². The van der Waals surface area contributed by atoms with Gasteiger partial charge in [0.1, 0.15) is 11.5 Å². The van der Waals surface area contributed by atoms with Crippen LogP contribution in [0.1, 0.15) is 41.6 Å². The van der Waals surface area contributed by atoms with Crippen molar-refractivity contribution in [3.8, 4) is 0 Å². The molecule has 0 aliphatic carbocycles. The molecule has 0 unspecified atom stereocenters. The molecule has 2 N–H and O–H groups in total. The van der Waals surface area contributed by atoms with E-state index in [1.165, 1.54) is 43.6 Å². The number of amides is 4. The minimum Gasteiger partial charge on any atom is -0.320 e.